The van der Waals surface area contributed by atoms with Crippen LogP contribution >= 0.6 is 10.7 Å². The van der Waals surface area contributed by atoms with Gasteiger partial charge in [0.25, 0.3) is 9.05 Å². The summed E-state index contributed by atoms with van der Waals surface area (Å²) in [6, 6.07) is 0. The van der Waals surface area contributed by atoms with E-state index in [-0.39, 0.29) is 17.4 Å². The van der Waals surface area contributed by atoms with E-state index in [9.17, 15) is 8.42 Å². The molecule has 2 aromatic heterocycles. The van der Waals surface area contributed by atoms with Crippen molar-refractivity contribution >= 4 is 19.7 Å². The van der Waals surface area contributed by atoms with Crippen LogP contribution in [0.1, 0.15) is 42.9 Å². The standard InChI is InChI=1S/C11H15ClN4O3S/c1-6(2)11-13-9(19-15-11)5-16-8(4)10(7(3)14-16)20(12,17)18/h6H,5H2,1-4H3. The number of nitrogens with zero attached hydrogens (tertiary/aromatic N) is 4. The molecule has 0 spiro atoms. The summed E-state index contributed by atoms with van der Waals surface area (Å²) < 4.78 is 29.6. The molecule has 0 aromatic carbocycles. The second-order valence-corrected chi connectivity index (χ2v) is 7.30. The van der Waals surface area contributed by atoms with Crippen molar-refractivity contribution in [1.29, 1.82) is 0 Å². The number of hydrogen-bond donors (Lipinski definition) is 0. The minimum atomic E-state index is -3.82. The summed E-state index contributed by atoms with van der Waals surface area (Å²) in [7, 11) is 1.58. The maximum absolute atomic E-state index is 11.5. The van der Waals surface area contributed by atoms with Crippen LogP contribution in [0.2, 0.25) is 0 Å². The van der Waals surface area contributed by atoms with Crippen molar-refractivity contribution in [1.82, 2.24) is 19.9 Å². The van der Waals surface area contributed by atoms with Crippen molar-refractivity contribution in [3.63, 3.8) is 0 Å². The van der Waals surface area contributed by atoms with Gasteiger partial charge in [-0.25, -0.2) is 8.42 Å². The zero-order valence-corrected chi connectivity index (χ0v) is 13.2. The minimum absolute atomic E-state index is 0.0303. The first-order valence-electron chi connectivity index (χ1n) is 6.01. The van der Waals surface area contributed by atoms with E-state index in [0.29, 0.717) is 23.1 Å². The number of aromatic nitrogens is 4. The first kappa shape index (κ1) is 15.0. The van der Waals surface area contributed by atoms with Crippen LogP contribution in [0, 0.1) is 13.8 Å². The van der Waals surface area contributed by atoms with E-state index in [1.807, 2.05) is 13.8 Å². The second-order valence-electron chi connectivity index (χ2n) is 4.80. The van der Waals surface area contributed by atoms with E-state index in [4.69, 9.17) is 15.2 Å². The monoisotopic (exact) mass is 318 g/mol. The Labute approximate surface area is 121 Å². The molecule has 2 heterocycles. The normalized spacial score (nSPS) is 12.3. The molecule has 2 aromatic rings. The zero-order valence-electron chi connectivity index (χ0n) is 11.6. The molecule has 20 heavy (non-hydrogen) atoms. The van der Waals surface area contributed by atoms with Gasteiger partial charge < -0.3 is 4.52 Å². The van der Waals surface area contributed by atoms with Crippen molar-refractivity contribution in [3.05, 3.63) is 23.1 Å². The van der Waals surface area contributed by atoms with Gasteiger partial charge in [-0.3, -0.25) is 4.68 Å². The molecule has 9 heteroatoms. The zero-order chi connectivity index (χ0) is 15.1. The van der Waals surface area contributed by atoms with Gasteiger partial charge in [0.15, 0.2) is 5.82 Å². The highest BCUT2D eigenvalue weighted by Gasteiger charge is 2.23. The van der Waals surface area contributed by atoms with Crippen LogP contribution in [0.3, 0.4) is 0 Å². The van der Waals surface area contributed by atoms with Crippen LogP contribution in [0.15, 0.2) is 9.42 Å². The van der Waals surface area contributed by atoms with E-state index in [1.54, 1.807) is 13.8 Å². The molecular formula is C11H15ClN4O3S. The van der Waals surface area contributed by atoms with E-state index >= 15 is 0 Å². The van der Waals surface area contributed by atoms with Gasteiger partial charge in [-0.15, -0.1) is 0 Å². The molecule has 0 saturated heterocycles. The van der Waals surface area contributed by atoms with E-state index in [0.717, 1.165) is 0 Å². The molecule has 0 amide bonds. The molecule has 7 nitrogen and oxygen atoms in total. The van der Waals surface area contributed by atoms with Crippen molar-refractivity contribution in [2.75, 3.05) is 0 Å². The average Bonchev–Trinajstić information content (AvgIpc) is 2.84. The van der Waals surface area contributed by atoms with Gasteiger partial charge >= 0.3 is 0 Å². The Bertz CT molecular complexity index is 733. The SMILES string of the molecule is Cc1nn(Cc2nc(C(C)C)no2)c(C)c1S(=O)(=O)Cl. The van der Waals surface area contributed by atoms with Gasteiger partial charge in [-0.05, 0) is 13.8 Å². The number of aryl methyl sites for hydroxylation is 1. The molecule has 2 rings (SSSR count). The van der Waals surface area contributed by atoms with Gasteiger partial charge in [-0.2, -0.15) is 10.1 Å². The quantitative estimate of drug-likeness (QED) is 0.800. The largest absolute Gasteiger partial charge is 0.337 e. The fourth-order valence-corrected chi connectivity index (χ4v) is 3.40. The van der Waals surface area contributed by atoms with Crippen molar-refractivity contribution in [3.8, 4) is 0 Å². The Morgan fingerprint density at radius 2 is 2.00 bits per heavy atom. The minimum Gasteiger partial charge on any atom is -0.337 e. The van der Waals surface area contributed by atoms with E-state index in [2.05, 4.69) is 15.2 Å². The third-order valence-corrected chi connectivity index (χ3v) is 4.39. The first-order valence-corrected chi connectivity index (χ1v) is 8.32. The van der Waals surface area contributed by atoms with Crippen molar-refractivity contribution in [2.24, 2.45) is 0 Å². The topological polar surface area (TPSA) is 90.9 Å². The van der Waals surface area contributed by atoms with Crippen LogP contribution in [0.4, 0.5) is 0 Å². The van der Waals surface area contributed by atoms with Gasteiger partial charge in [-0.1, -0.05) is 19.0 Å². The first-order chi connectivity index (χ1) is 9.20. The third kappa shape index (κ3) is 2.85. The molecule has 110 valence electrons. The fraction of sp³-hybridized carbons (Fsp3) is 0.545. The third-order valence-electron chi connectivity index (χ3n) is 2.84. The van der Waals surface area contributed by atoms with Gasteiger partial charge in [0.1, 0.15) is 11.4 Å². The second kappa shape index (κ2) is 5.17. The summed E-state index contributed by atoms with van der Waals surface area (Å²) in [5, 5.41) is 8.00. The molecule has 0 N–H and O–H groups in total. The maximum atomic E-state index is 11.5. The molecule has 0 aliphatic heterocycles. The Morgan fingerprint density at radius 3 is 2.45 bits per heavy atom. The predicted molar refractivity (Wildman–Crippen MR) is 72.2 cm³/mol. The lowest BCUT2D eigenvalue weighted by Crippen LogP contribution is -2.05. The Morgan fingerprint density at radius 1 is 1.35 bits per heavy atom. The highest BCUT2D eigenvalue weighted by molar-refractivity contribution is 8.13. The van der Waals surface area contributed by atoms with E-state index < -0.39 is 9.05 Å². The molecule has 0 atom stereocenters. The van der Waals surface area contributed by atoms with Gasteiger partial charge in [0.05, 0.1) is 11.4 Å². The number of rotatable bonds is 4. The molecule has 0 radical (unpaired) electrons. The Balaban J connectivity index is 2.35. The summed E-state index contributed by atoms with van der Waals surface area (Å²) in [6.45, 7) is 7.34. The molecule has 0 aliphatic rings. The van der Waals surface area contributed by atoms with Crippen LogP contribution in [0.5, 0.6) is 0 Å². The highest BCUT2D eigenvalue weighted by atomic mass is 35.7. The summed E-state index contributed by atoms with van der Waals surface area (Å²) in [5.74, 6) is 1.14. The van der Waals surface area contributed by atoms with Gasteiger partial charge in [0.2, 0.25) is 5.89 Å². The van der Waals surface area contributed by atoms with Crippen LogP contribution in [-0.2, 0) is 15.6 Å². The smallest absolute Gasteiger partial charge is 0.264 e. The van der Waals surface area contributed by atoms with Crippen LogP contribution in [0.25, 0.3) is 0 Å². The summed E-state index contributed by atoms with van der Waals surface area (Å²) in [6.07, 6.45) is 0. The van der Waals surface area contributed by atoms with Gasteiger partial charge in [0, 0.05) is 16.6 Å². The van der Waals surface area contributed by atoms with Crippen molar-refractivity contribution < 1.29 is 12.9 Å². The lowest BCUT2D eigenvalue weighted by atomic mass is 10.2. The highest BCUT2D eigenvalue weighted by Crippen LogP contribution is 2.23. The average molecular weight is 319 g/mol. The van der Waals surface area contributed by atoms with Crippen LogP contribution < -0.4 is 0 Å². The molecular weight excluding hydrogens is 304 g/mol. The summed E-state index contributed by atoms with van der Waals surface area (Å²) in [4.78, 5) is 4.26. The lowest BCUT2D eigenvalue weighted by Gasteiger charge is -2.00. The molecule has 0 aliphatic carbocycles. The summed E-state index contributed by atoms with van der Waals surface area (Å²) >= 11 is 0. The van der Waals surface area contributed by atoms with Crippen LogP contribution in [-0.4, -0.2) is 28.3 Å². The van der Waals surface area contributed by atoms with E-state index in [1.165, 1.54) is 4.68 Å². The lowest BCUT2D eigenvalue weighted by molar-refractivity contribution is 0.358. The van der Waals surface area contributed by atoms with Crippen molar-refractivity contribution in [2.45, 2.75) is 45.1 Å². The predicted octanol–water partition coefficient (Wildman–Crippen LogP) is 1.98. The molecule has 0 unspecified atom stereocenters. The maximum Gasteiger partial charge on any atom is 0.264 e. The molecule has 0 fully saturated rings. The molecule has 0 bridgehead atoms. The number of halogens is 1. The fourth-order valence-electron chi connectivity index (χ4n) is 1.88. The Kier molecular flexibility index (Phi) is 3.88. The molecule has 0 saturated carbocycles. The summed E-state index contributed by atoms with van der Waals surface area (Å²) in [5.41, 5.74) is 0.794. The Hall–Kier alpha value is -1.41. The number of hydrogen-bond acceptors (Lipinski definition) is 6.